The Kier molecular flexibility index (Phi) is 6.61. The average molecular weight is 396 g/mol. The number of rotatable bonds is 7. The predicted octanol–water partition coefficient (Wildman–Crippen LogP) is 3.61. The first-order chi connectivity index (χ1) is 13.5. The summed E-state index contributed by atoms with van der Waals surface area (Å²) in [4.78, 5) is 31.0. The molecule has 1 aromatic heterocycles. The SMILES string of the molecule is Cc1nc(CCNC(=O)C[C@@H](c2ccccc2)c2ccccc2Cl)cc(=O)[nH]1. The second-order valence-corrected chi connectivity index (χ2v) is 7.02. The van der Waals surface area contributed by atoms with Gasteiger partial charge in [0, 0.05) is 42.1 Å². The summed E-state index contributed by atoms with van der Waals surface area (Å²) in [5, 5.41) is 3.57. The van der Waals surface area contributed by atoms with E-state index in [9.17, 15) is 9.59 Å². The summed E-state index contributed by atoms with van der Waals surface area (Å²) in [5.41, 5.74) is 2.44. The van der Waals surface area contributed by atoms with Crippen LogP contribution in [-0.2, 0) is 11.2 Å². The lowest BCUT2D eigenvalue weighted by Gasteiger charge is -2.19. The van der Waals surface area contributed by atoms with E-state index < -0.39 is 0 Å². The highest BCUT2D eigenvalue weighted by molar-refractivity contribution is 6.31. The van der Waals surface area contributed by atoms with Crippen LogP contribution in [0.5, 0.6) is 0 Å². The number of nitrogens with zero attached hydrogens (tertiary/aromatic N) is 1. The fourth-order valence-electron chi connectivity index (χ4n) is 3.21. The number of hydrogen-bond acceptors (Lipinski definition) is 3. The van der Waals surface area contributed by atoms with Crippen molar-refractivity contribution in [2.45, 2.75) is 25.7 Å². The van der Waals surface area contributed by atoms with Crippen LogP contribution in [0.15, 0.2) is 65.5 Å². The summed E-state index contributed by atoms with van der Waals surface area (Å²) in [6.07, 6.45) is 0.786. The molecule has 0 fully saturated rings. The van der Waals surface area contributed by atoms with Crippen molar-refractivity contribution in [1.82, 2.24) is 15.3 Å². The van der Waals surface area contributed by atoms with Gasteiger partial charge in [0.1, 0.15) is 5.82 Å². The lowest BCUT2D eigenvalue weighted by Crippen LogP contribution is -2.28. The quantitative estimate of drug-likeness (QED) is 0.641. The van der Waals surface area contributed by atoms with Gasteiger partial charge in [-0.25, -0.2) is 4.98 Å². The predicted molar refractivity (Wildman–Crippen MR) is 111 cm³/mol. The molecule has 6 heteroatoms. The average Bonchev–Trinajstić information content (AvgIpc) is 2.67. The molecule has 0 radical (unpaired) electrons. The second kappa shape index (κ2) is 9.33. The van der Waals surface area contributed by atoms with Crippen molar-refractivity contribution in [2.75, 3.05) is 6.54 Å². The zero-order valence-electron chi connectivity index (χ0n) is 15.6. The maximum absolute atomic E-state index is 12.6. The topological polar surface area (TPSA) is 74.8 Å². The van der Waals surface area contributed by atoms with E-state index in [-0.39, 0.29) is 23.8 Å². The minimum atomic E-state index is -0.184. The van der Waals surface area contributed by atoms with Crippen molar-refractivity contribution in [1.29, 1.82) is 0 Å². The van der Waals surface area contributed by atoms with E-state index >= 15 is 0 Å². The minimum Gasteiger partial charge on any atom is -0.356 e. The van der Waals surface area contributed by atoms with Gasteiger partial charge in [0.2, 0.25) is 5.91 Å². The summed E-state index contributed by atoms with van der Waals surface area (Å²) in [7, 11) is 0. The molecule has 0 saturated heterocycles. The zero-order valence-corrected chi connectivity index (χ0v) is 16.4. The molecule has 2 N–H and O–H groups in total. The number of hydrogen-bond donors (Lipinski definition) is 2. The smallest absolute Gasteiger partial charge is 0.251 e. The number of aryl methyl sites for hydroxylation is 1. The lowest BCUT2D eigenvalue weighted by atomic mass is 9.88. The van der Waals surface area contributed by atoms with Gasteiger partial charge in [0.25, 0.3) is 5.56 Å². The van der Waals surface area contributed by atoms with E-state index in [1.54, 1.807) is 6.92 Å². The van der Waals surface area contributed by atoms with Crippen LogP contribution in [0.1, 0.15) is 35.0 Å². The number of carbonyl (C=O) groups excluding carboxylic acids is 1. The number of amides is 1. The van der Waals surface area contributed by atoms with E-state index in [4.69, 9.17) is 11.6 Å². The molecule has 3 rings (SSSR count). The van der Waals surface area contributed by atoms with Crippen LogP contribution in [0.2, 0.25) is 5.02 Å². The Bertz CT molecular complexity index is 1000. The highest BCUT2D eigenvalue weighted by atomic mass is 35.5. The summed E-state index contributed by atoms with van der Waals surface area (Å²) < 4.78 is 0. The monoisotopic (exact) mass is 395 g/mol. The highest BCUT2D eigenvalue weighted by Crippen LogP contribution is 2.32. The van der Waals surface area contributed by atoms with Gasteiger partial charge in [0.05, 0.1) is 0 Å². The van der Waals surface area contributed by atoms with Crippen molar-refractivity contribution < 1.29 is 4.79 Å². The molecule has 0 spiro atoms. The number of halogens is 1. The molecule has 144 valence electrons. The van der Waals surface area contributed by atoms with Crippen LogP contribution in [0.4, 0.5) is 0 Å². The molecule has 1 atom stereocenters. The molecule has 0 aliphatic carbocycles. The van der Waals surface area contributed by atoms with Crippen LogP contribution < -0.4 is 10.9 Å². The molecule has 1 amide bonds. The second-order valence-electron chi connectivity index (χ2n) is 6.61. The Morgan fingerprint density at radius 3 is 2.57 bits per heavy atom. The van der Waals surface area contributed by atoms with Gasteiger partial charge in [0.15, 0.2) is 0 Å². The molecule has 0 bridgehead atoms. The third-order valence-electron chi connectivity index (χ3n) is 4.49. The fourth-order valence-corrected chi connectivity index (χ4v) is 3.47. The first kappa shape index (κ1) is 19.8. The molecule has 0 aliphatic heterocycles. The molecule has 1 heterocycles. The summed E-state index contributed by atoms with van der Waals surface area (Å²) in [6, 6.07) is 18.9. The summed E-state index contributed by atoms with van der Waals surface area (Å²) in [6.45, 7) is 2.15. The van der Waals surface area contributed by atoms with Gasteiger partial charge < -0.3 is 10.3 Å². The molecular weight excluding hydrogens is 374 g/mol. The van der Waals surface area contributed by atoms with Gasteiger partial charge >= 0.3 is 0 Å². The first-order valence-corrected chi connectivity index (χ1v) is 9.53. The van der Waals surface area contributed by atoms with E-state index in [2.05, 4.69) is 15.3 Å². The van der Waals surface area contributed by atoms with Gasteiger partial charge in [-0.05, 0) is 24.1 Å². The van der Waals surface area contributed by atoms with Crippen LogP contribution >= 0.6 is 11.6 Å². The van der Waals surface area contributed by atoms with E-state index in [1.165, 1.54) is 6.07 Å². The zero-order chi connectivity index (χ0) is 19.9. The van der Waals surface area contributed by atoms with Crippen LogP contribution in [0.3, 0.4) is 0 Å². The molecule has 5 nitrogen and oxygen atoms in total. The molecule has 0 unspecified atom stereocenters. The largest absolute Gasteiger partial charge is 0.356 e. The Balaban J connectivity index is 1.68. The number of benzene rings is 2. The third-order valence-corrected chi connectivity index (χ3v) is 4.83. The number of nitrogens with one attached hydrogen (secondary N) is 2. The van der Waals surface area contributed by atoms with Gasteiger partial charge in [-0.2, -0.15) is 0 Å². The normalized spacial score (nSPS) is 11.8. The van der Waals surface area contributed by atoms with Crippen LogP contribution in [0.25, 0.3) is 0 Å². The van der Waals surface area contributed by atoms with Crippen molar-refractivity contribution >= 4 is 17.5 Å². The Labute approximate surface area is 168 Å². The number of aromatic nitrogens is 2. The minimum absolute atomic E-state index is 0.0738. The van der Waals surface area contributed by atoms with Gasteiger partial charge in [-0.15, -0.1) is 0 Å². The van der Waals surface area contributed by atoms with Gasteiger partial charge in [-0.3, -0.25) is 9.59 Å². The maximum atomic E-state index is 12.6. The van der Waals surface area contributed by atoms with Crippen molar-refractivity contribution in [3.8, 4) is 0 Å². The number of carbonyl (C=O) groups is 1. The molecule has 0 aliphatic rings. The van der Waals surface area contributed by atoms with Crippen LogP contribution in [0, 0.1) is 6.92 Å². The van der Waals surface area contributed by atoms with Crippen molar-refractivity contribution in [3.05, 3.63) is 98.7 Å². The molecular formula is C22H22ClN3O2. The molecule has 28 heavy (non-hydrogen) atoms. The van der Waals surface area contributed by atoms with Gasteiger partial charge in [-0.1, -0.05) is 60.1 Å². The summed E-state index contributed by atoms with van der Waals surface area (Å²) in [5.74, 6) is 0.363. The number of H-pyrrole nitrogens is 1. The third kappa shape index (κ3) is 5.30. The van der Waals surface area contributed by atoms with E-state index in [0.717, 1.165) is 11.1 Å². The van der Waals surface area contributed by atoms with E-state index in [0.29, 0.717) is 29.5 Å². The molecule has 2 aromatic carbocycles. The molecule has 0 saturated carbocycles. The lowest BCUT2D eigenvalue weighted by molar-refractivity contribution is -0.121. The van der Waals surface area contributed by atoms with Crippen LogP contribution in [-0.4, -0.2) is 22.4 Å². The highest BCUT2D eigenvalue weighted by Gasteiger charge is 2.20. The standard InChI is InChI=1S/C22H22ClN3O2/c1-15-25-17(13-22(28)26-15)11-12-24-21(27)14-19(16-7-3-2-4-8-16)18-9-5-6-10-20(18)23/h2-10,13,19H,11-12,14H2,1H3,(H,24,27)(H,25,26,28)/t19-/m0/s1. The Hall–Kier alpha value is -2.92. The fraction of sp³-hybridized carbons (Fsp3) is 0.227. The Morgan fingerprint density at radius 1 is 1.14 bits per heavy atom. The number of aromatic amines is 1. The maximum Gasteiger partial charge on any atom is 0.251 e. The van der Waals surface area contributed by atoms with E-state index in [1.807, 2.05) is 54.6 Å². The molecule has 3 aromatic rings. The van der Waals surface area contributed by atoms with Crippen molar-refractivity contribution in [3.63, 3.8) is 0 Å². The van der Waals surface area contributed by atoms with Crippen molar-refractivity contribution in [2.24, 2.45) is 0 Å². The summed E-state index contributed by atoms with van der Waals surface area (Å²) >= 11 is 6.39. The Morgan fingerprint density at radius 2 is 1.86 bits per heavy atom. The first-order valence-electron chi connectivity index (χ1n) is 9.16.